The van der Waals surface area contributed by atoms with Crippen LogP contribution in [0.4, 0.5) is 0 Å². The Hall–Kier alpha value is 0.0300. The summed E-state index contributed by atoms with van der Waals surface area (Å²) < 4.78 is 16.4. The van der Waals surface area contributed by atoms with E-state index in [0.29, 0.717) is 6.42 Å². The van der Waals surface area contributed by atoms with Crippen LogP contribution in [0.25, 0.3) is 0 Å². The highest BCUT2D eigenvalue weighted by Crippen LogP contribution is 2.24. The van der Waals surface area contributed by atoms with E-state index < -0.39 is 7.82 Å². The van der Waals surface area contributed by atoms with E-state index in [4.69, 9.17) is 0 Å². The molecule has 2 fully saturated rings. The van der Waals surface area contributed by atoms with Crippen LogP contribution in [0.2, 0.25) is 0 Å². The molecule has 6 nitrogen and oxygen atoms in total. The van der Waals surface area contributed by atoms with Crippen LogP contribution in [0.3, 0.4) is 0 Å². The van der Waals surface area contributed by atoms with Gasteiger partial charge in [0, 0.05) is 25.7 Å². The summed E-state index contributed by atoms with van der Waals surface area (Å²) in [6.45, 7) is 15.0. The molecule has 0 aliphatic carbocycles. The summed E-state index contributed by atoms with van der Waals surface area (Å²) in [7, 11) is 0.115. The molecule has 2 rings (SSSR count). The summed E-state index contributed by atoms with van der Waals surface area (Å²) in [6.07, 6.45) is 12.8. The quantitative estimate of drug-likeness (QED) is 0.297. The summed E-state index contributed by atoms with van der Waals surface area (Å²) in [5.74, 6) is 0. The van der Waals surface area contributed by atoms with Gasteiger partial charge >= 0.3 is 0 Å². The second-order valence-corrected chi connectivity index (χ2v) is 10.5. The number of unbranched alkanes of at least 4 members (excludes halogenated alkanes) is 3. The minimum atomic E-state index is -4.70. The fraction of sp³-hybridized carbons (Fsp3) is 1.00. The minimum Gasteiger partial charge on any atom is -0.790 e. The molecule has 0 aromatic rings. The Morgan fingerprint density at radius 1 is 0.724 bits per heavy atom. The number of nitrogens with zero attached hydrogens (tertiary/aromatic N) is 2. The van der Waals surface area contributed by atoms with Crippen molar-refractivity contribution in [3.05, 3.63) is 0 Å². The molecular weight excluding hydrogens is 387 g/mol. The van der Waals surface area contributed by atoms with Crippen LogP contribution < -0.4 is 9.79 Å². The third-order valence-electron chi connectivity index (χ3n) is 6.14. The maximum absolute atomic E-state index is 9.76. The number of phosphoric acid groups is 1. The second-order valence-electron chi connectivity index (χ2n) is 9.34. The third kappa shape index (κ3) is 16.4. The first-order chi connectivity index (χ1) is 13.6. The van der Waals surface area contributed by atoms with Gasteiger partial charge < -0.3 is 27.8 Å². The van der Waals surface area contributed by atoms with E-state index >= 15 is 0 Å². The molecule has 2 aliphatic rings. The van der Waals surface area contributed by atoms with Gasteiger partial charge in [-0.3, -0.25) is 0 Å². The molecule has 176 valence electrons. The van der Waals surface area contributed by atoms with E-state index in [-0.39, 0.29) is 6.61 Å². The number of quaternary nitrogens is 2. The van der Waals surface area contributed by atoms with E-state index in [1.54, 1.807) is 0 Å². The zero-order valence-corrected chi connectivity index (χ0v) is 20.9. The molecule has 0 aromatic heterocycles. The van der Waals surface area contributed by atoms with Gasteiger partial charge in [-0.1, -0.05) is 40.0 Å². The molecule has 0 amide bonds. The van der Waals surface area contributed by atoms with Crippen molar-refractivity contribution in [1.29, 1.82) is 0 Å². The summed E-state index contributed by atoms with van der Waals surface area (Å²) in [5.41, 5.74) is 0. The lowest BCUT2D eigenvalue weighted by atomic mass is 10.3. The molecule has 29 heavy (non-hydrogen) atoms. The molecular formula is C22H49N2O4P. The molecule has 0 aromatic carbocycles. The Kier molecular flexibility index (Phi) is 15.8. The average molecular weight is 437 g/mol. The molecule has 7 heteroatoms. The Bertz CT molecular complexity index is 405. The van der Waals surface area contributed by atoms with E-state index in [1.807, 2.05) is 6.92 Å². The zero-order valence-electron chi connectivity index (χ0n) is 20.0. The zero-order chi connectivity index (χ0) is 22.2. The van der Waals surface area contributed by atoms with Crippen molar-refractivity contribution >= 4 is 7.82 Å². The van der Waals surface area contributed by atoms with Gasteiger partial charge in [0.25, 0.3) is 0 Å². The average Bonchev–Trinajstić information content (AvgIpc) is 3.28. The Balaban J connectivity index is 0.000000407. The topological polar surface area (TPSA) is 72.4 Å². The molecule has 0 N–H and O–H groups in total. The van der Waals surface area contributed by atoms with Crippen LogP contribution in [0, 0.1) is 0 Å². The highest BCUT2D eigenvalue weighted by molar-refractivity contribution is 7.43. The van der Waals surface area contributed by atoms with E-state index in [2.05, 4.69) is 32.5 Å². The summed E-state index contributed by atoms with van der Waals surface area (Å²) in [5, 5.41) is 0. The van der Waals surface area contributed by atoms with Gasteiger partial charge in [-0.25, -0.2) is 0 Å². The first-order valence-corrected chi connectivity index (χ1v) is 13.4. The third-order valence-corrected chi connectivity index (χ3v) is 6.64. The van der Waals surface area contributed by atoms with Gasteiger partial charge in [-0.2, -0.15) is 0 Å². The van der Waals surface area contributed by atoms with Gasteiger partial charge in [-0.15, -0.1) is 0 Å². The predicted molar refractivity (Wildman–Crippen MR) is 118 cm³/mol. The fourth-order valence-corrected chi connectivity index (χ4v) is 4.40. The predicted octanol–water partition coefficient (Wildman–Crippen LogP) is 3.69. The molecule has 0 saturated carbocycles. The van der Waals surface area contributed by atoms with Crippen LogP contribution in [0.5, 0.6) is 0 Å². The molecule has 2 saturated heterocycles. The molecule has 0 unspecified atom stereocenters. The Morgan fingerprint density at radius 2 is 1.07 bits per heavy atom. The number of hydrogen-bond donors (Lipinski definition) is 0. The lowest BCUT2D eigenvalue weighted by Gasteiger charge is -2.28. The largest absolute Gasteiger partial charge is 0.790 e. The van der Waals surface area contributed by atoms with Crippen molar-refractivity contribution in [2.45, 2.75) is 85.0 Å². The molecule has 2 heterocycles. The molecule has 0 radical (unpaired) electrons. The number of phosphoric ester groups is 1. The number of likely N-dealkylation sites (tertiary alicyclic amines) is 2. The first kappa shape index (κ1) is 29.0. The Morgan fingerprint density at radius 3 is 1.34 bits per heavy atom. The minimum absolute atomic E-state index is 0.0147. The van der Waals surface area contributed by atoms with Crippen molar-refractivity contribution in [3.8, 4) is 0 Å². The van der Waals surface area contributed by atoms with Crippen LogP contribution in [-0.2, 0) is 9.09 Å². The van der Waals surface area contributed by atoms with E-state index in [0.717, 1.165) is 6.42 Å². The SMILES string of the molecule is CCCCOP(=O)([O-])[O-].CCCC[N+]1(C)CCCC1.CCCC[N+]1(C)CCCC1. The van der Waals surface area contributed by atoms with Crippen molar-refractivity contribution in [1.82, 2.24) is 0 Å². The lowest BCUT2D eigenvalue weighted by molar-refractivity contribution is -0.897. The number of rotatable bonds is 10. The molecule has 0 atom stereocenters. The molecule has 0 spiro atoms. The summed E-state index contributed by atoms with van der Waals surface area (Å²) >= 11 is 0. The monoisotopic (exact) mass is 436 g/mol. The normalized spacial score (nSPS) is 19.8. The summed E-state index contributed by atoms with van der Waals surface area (Å²) in [6, 6.07) is 0. The standard InChI is InChI=1S/2C9H20N.C4H11O4P/c2*1-3-4-7-10(2)8-5-6-9-10;1-2-3-4-8-9(5,6)7/h2*3-9H2,1-2H3;2-4H2,1H3,(H2,5,6,7)/q2*+1;/p-2. The van der Waals surface area contributed by atoms with Crippen LogP contribution in [0.1, 0.15) is 85.0 Å². The lowest BCUT2D eigenvalue weighted by Crippen LogP contribution is -2.41. The highest BCUT2D eigenvalue weighted by Gasteiger charge is 2.26. The fourth-order valence-electron chi connectivity index (χ4n) is 4.05. The van der Waals surface area contributed by atoms with Crippen LogP contribution in [0.15, 0.2) is 0 Å². The van der Waals surface area contributed by atoms with E-state index in [1.165, 1.54) is 99.6 Å². The van der Waals surface area contributed by atoms with Gasteiger partial charge in [0.2, 0.25) is 0 Å². The van der Waals surface area contributed by atoms with Gasteiger partial charge in [0.05, 0.1) is 67.8 Å². The maximum Gasteiger partial charge on any atom is 0.0786 e. The van der Waals surface area contributed by atoms with Gasteiger partial charge in [0.15, 0.2) is 0 Å². The van der Waals surface area contributed by atoms with E-state index in [9.17, 15) is 14.4 Å². The highest BCUT2D eigenvalue weighted by atomic mass is 31.2. The smallest absolute Gasteiger partial charge is 0.0786 e. The van der Waals surface area contributed by atoms with Gasteiger partial charge in [-0.05, 0) is 19.3 Å². The van der Waals surface area contributed by atoms with Crippen LogP contribution >= 0.6 is 7.82 Å². The van der Waals surface area contributed by atoms with Crippen molar-refractivity contribution in [2.75, 3.05) is 60.0 Å². The summed E-state index contributed by atoms with van der Waals surface area (Å²) in [4.78, 5) is 19.5. The van der Waals surface area contributed by atoms with Crippen LogP contribution in [-0.4, -0.2) is 68.9 Å². The van der Waals surface area contributed by atoms with Crippen molar-refractivity contribution in [2.24, 2.45) is 0 Å². The molecule has 2 aliphatic heterocycles. The van der Waals surface area contributed by atoms with Crippen molar-refractivity contribution in [3.63, 3.8) is 0 Å². The number of hydrogen-bond acceptors (Lipinski definition) is 4. The van der Waals surface area contributed by atoms with Crippen molar-refractivity contribution < 1.29 is 27.8 Å². The molecule has 0 bridgehead atoms. The first-order valence-electron chi connectivity index (χ1n) is 11.9. The van der Waals surface area contributed by atoms with Gasteiger partial charge in [0.1, 0.15) is 0 Å². The Labute approximate surface area is 181 Å². The maximum atomic E-state index is 9.76. The second kappa shape index (κ2) is 15.8.